The van der Waals surface area contributed by atoms with E-state index in [4.69, 9.17) is 4.84 Å². The van der Waals surface area contributed by atoms with Crippen LogP contribution in [-0.4, -0.2) is 44.1 Å². The molecule has 4 rings (SSSR count). The number of hydrogen-bond donors (Lipinski definition) is 1. The van der Waals surface area contributed by atoms with Gasteiger partial charge in [0.15, 0.2) is 0 Å². The highest BCUT2D eigenvalue weighted by Crippen LogP contribution is 2.39. The Morgan fingerprint density at radius 1 is 1.62 bits per heavy atom. The number of amides is 2. The van der Waals surface area contributed by atoms with Crippen LogP contribution in [0.3, 0.4) is 0 Å². The molecule has 2 aromatic rings. The van der Waals surface area contributed by atoms with E-state index in [0.29, 0.717) is 19.7 Å². The van der Waals surface area contributed by atoms with Gasteiger partial charge in [0.1, 0.15) is 6.04 Å². The number of aromatic nitrogens is 3. The first kappa shape index (κ1) is 13.8. The van der Waals surface area contributed by atoms with Crippen LogP contribution in [0.25, 0.3) is 0 Å². The van der Waals surface area contributed by atoms with Gasteiger partial charge < -0.3 is 9.88 Å². The third kappa shape index (κ3) is 2.67. The Kier molecular flexibility index (Phi) is 3.98. The largest absolute Gasteiger partial charge is 0.351 e. The van der Waals surface area contributed by atoms with Crippen molar-refractivity contribution >= 4 is 17.4 Å². The summed E-state index contributed by atoms with van der Waals surface area (Å²) in [6, 6.07) is -0.0687. The molecule has 0 radical (unpaired) electrons. The monoisotopic (exact) mass is 305 g/mol. The predicted molar refractivity (Wildman–Crippen MR) is 77.2 cm³/mol. The number of urea groups is 1. The fourth-order valence-corrected chi connectivity index (χ4v) is 3.17. The molecule has 2 amide bonds. The summed E-state index contributed by atoms with van der Waals surface area (Å²) in [5, 5.41) is 1.45. The molecule has 2 bridgehead atoms. The van der Waals surface area contributed by atoms with Crippen molar-refractivity contribution in [3.8, 4) is 0 Å². The van der Waals surface area contributed by atoms with E-state index < -0.39 is 0 Å². The second-order valence-electron chi connectivity index (χ2n) is 4.51. The maximum Gasteiger partial charge on any atom is 0.345 e. The number of carbonyl (C=O) groups is 1. The summed E-state index contributed by atoms with van der Waals surface area (Å²) in [6.45, 7) is 5.23. The zero-order valence-corrected chi connectivity index (χ0v) is 12.1. The lowest BCUT2D eigenvalue weighted by Crippen LogP contribution is -2.30. The Morgan fingerprint density at radius 2 is 2.52 bits per heavy atom. The molecule has 0 unspecified atom stereocenters. The molecule has 7 nitrogen and oxygen atoms in total. The number of H-pyrrole nitrogens is 1. The third-order valence-corrected chi connectivity index (χ3v) is 4.16. The van der Waals surface area contributed by atoms with Crippen molar-refractivity contribution in [2.75, 3.05) is 13.2 Å². The van der Waals surface area contributed by atoms with Crippen molar-refractivity contribution < 1.29 is 9.63 Å². The Morgan fingerprint density at radius 3 is 3.19 bits per heavy atom. The summed E-state index contributed by atoms with van der Waals surface area (Å²) in [4.78, 5) is 30.9. The van der Waals surface area contributed by atoms with E-state index in [2.05, 4.69) is 21.5 Å². The Bertz CT molecular complexity index is 595. The molecule has 0 spiro atoms. The molecule has 8 heteroatoms. The fourth-order valence-electron chi connectivity index (χ4n) is 2.30. The molecule has 4 heterocycles. The average Bonchev–Trinajstić information content (AvgIpc) is 3.23. The number of fused-ring (bicyclic) bond motifs is 4. The number of imidazole rings is 1. The second kappa shape index (κ2) is 6.06. The molecule has 1 N–H and O–H groups in total. The molecule has 0 aliphatic carbocycles. The zero-order chi connectivity index (χ0) is 14.7. The van der Waals surface area contributed by atoms with Crippen molar-refractivity contribution in [2.24, 2.45) is 0 Å². The molecule has 1 fully saturated rings. The number of thiazole rings is 1. The summed E-state index contributed by atoms with van der Waals surface area (Å²) in [7, 11) is 0. The highest BCUT2D eigenvalue weighted by atomic mass is 32.1. The van der Waals surface area contributed by atoms with Crippen LogP contribution < -0.4 is 0 Å². The minimum atomic E-state index is -0.0722. The lowest BCUT2D eigenvalue weighted by atomic mass is 10.1. The van der Waals surface area contributed by atoms with Gasteiger partial charge in [0.2, 0.25) is 0 Å². The van der Waals surface area contributed by atoms with Crippen LogP contribution in [0.4, 0.5) is 4.79 Å². The van der Waals surface area contributed by atoms with Crippen molar-refractivity contribution in [3.63, 3.8) is 0 Å². The predicted octanol–water partition coefficient (Wildman–Crippen LogP) is 1.96. The SMILES string of the molecule is C=CCON1C(=O)N2Cc3ncsc3[C@@H]1C2.c1c[nH]cn1. The van der Waals surface area contributed by atoms with Gasteiger partial charge in [-0.2, -0.15) is 5.06 Å². The summed E-state index contributed by atoms with van der Waals surface area (Å²) in [5.74, 6) is 0. The number of rotatable bonds is 3. The van der Waals surface area contributed by atoms with Gasteiger partial charge in [-0.25, -0.2) is 14.8 Å². The first-order chi connectivity index (χ1) is 10.3. The first-order valence-corrected chi connectivity index (χ1v) is 7.36. The van der Waals surface area contributed by atoms with Gasteiger partial charge in [-0.05, 0) is 0 Å². The van der Waals surface area contributed by atoms with E-state index in [1.54, 1.807) is 41.0 Å². The quantitative estimate of drug-likeness (QED) is 0.880. The van der Waals surface area contributed by atoms with E-state index in [9.17, 15) is 4.79 Å². The molecule has 110 valence electrons. The lowest BCUT2D eigenvalue weighted by molar-refractivity contribution is -0.118. The van der Waals surface area contributed by atoms with E-state index in [1.807, 2.05) is 5.51 Å². The molecular weight excluding hydrogens is 290 g/mol. The van der Waals surface area contributed by atoms with Crippen LogP contribution in [0.5, 0.6) is 0 Å². The van der Waals surface area contributed by atoms with Gasteiger partial charge in [-0.1, -0.05) is 6.08 Å². The van der Waals surface area contributed by atoms with Crippen LogP contribution in [0.15, 0.2) is 36.9 Å². The number of hydrogen-bond acceptors (Lipinski definition) is 5. The van der Waals surface area contributed by atoms with E-state index in [1.165, 1.54) is 5.06 Å². The van der Waals surface area contributed by atoms with Gasteiger partial charge in [0.05, 0.1) is 42.1 Å². The summed E-state index contributed by atoms with van der Waals surface area (Å²) < 4.78 is 0. The van der Waals surface area contributed by atoms with Gasteiger partial charge in [0.25, 0.3) is 0 Å². The molecule has 1 atom stereocenters. The van der Waals surface area contributed by atoms with E-state index in [-0.39, 0.29) is 12.1 Å². The van der Waals surface area contributed by atoms with Crippen LogP contribution >= 0.6 is 11.3 Å². The summed E-state index contributed by atoms with van der Waals surface area (Å²) in [6.07, 6.45) is 6.72. The minimum absolute atomic E-state index is 0.00343. The molecule has 2 aromatic heterocycles. The number of nitrogens with zero attached hydrogens (tertiary/aromatic N) is 4. The molecule has 21 heavy (non-hydrogen) atoms. The Hall–Kier alpha value is -2.19. The van der Waals surface area contributed by atoms with E-state index >= 15 is 0 Å². The van der Waals surface area contributed by atoms with Crippen molar-refractivity contribution in [2.45, 2.75) is 12.6 Å². The van der Waals surface area contributed by atoms with Gasteiger partial charge in [0, 0.05) is 12.4 Å². The van der Waals surface area contributed by atoms with Gasteiger partial charge >= 0.3 is 6.03 Å². The number of hydroxylamine groups is 2. The van der Waals surface area contributed by atoms with Crippen LogP contribution in [0.1, 0.15) is 16.6 Å². The molecule has 0 aromatic carbocycles. The standard InChI is InChI=1S/C10H11N3O2S.C3H4N2/c1-2-3-15-13-8-5-12(10(13)14)4-7-9(8)16-6-11-7;1-2-5-3-4-1/h2,6,8H,1,3-5H2;1-3H,(H,4,5)/t8-;/m0./s1. The zero-order valence-electron chi connectivity index (χ0n) is 11.3. The third-order valence-electron chi connectivity index (χ3n) is 3.19. The van der Waals surface area contributed by atoms with Crippen LogP contribution in [-0.2, 0) is 11.4 Å². The number of aromatic amines is 1. The van der Waals surface area contributed by atoms with Crippen molar-refractivity contribution in [1.29, 1.82) is 0 Å². The maximum atomic E-state index is 11.9. The average molecular weight is 305 g/mol. The van der Waals surface area contributed by atoms with Crippen molar-refractivity contribution in [3.05, 3.63) is 47.5 Å². The number of carbonyl (C=O) groups excluding carboxylic acids is 1. The number of nitrogens with one attached hydrogen (secondary N) is 1. The summed E-state index contributed by atoms with van der Waals surface area (Å²) >= 11 is 1.59. The summed E-state index contributed by atoms with van der Waals surface area (Å²) in [5.41, 5.74) is 2.82. The van der Waals surface area contributed by atoms with Crippen LogP contribution in [0.2, 0.25) is 0 Å². The first-order valence-electron chi connectivity index (χ1n) is 6.48. The molecule has 2 aliphatic rings. The lowest BCUT2D eigenvalue weighted by Gasteiger charge is -2.21. The second-order valence-corrected chi connectivity index (χ2v) is 5.40. The Balaban J connectivity index is 0.000000225. The van der Waals surface area contributed by atoms with Gasteiger partial charge in [-0.3, -0.25) is 4.84 Å². The molecule has 2 aliphatic heterocycles. The van der Waals surface area contributed by atoms with Crippen LogP contribution in [0, 0.1) is 0 Å². The fraction of sp³-hybridized carbons (Fsp3) is 0.308. The molecule has 1 saturated heterocycles. The van der Waals surface area contributed by atoms with Gasteiger partial charge in [-0.15, -0.1) is 17.9 Å². The molecular formula is C13H15N5O2S. The van der Waals surface area contributed by atoms with E-state index in [0.717, 1.165) is 10.6 Å². The smallest absolute Gasteiger partial charge is 0.345 e. The topological polar surface area (TPSA) is 74.3 Å². The maximum absolute atomic E-state index is 11.9. The van der Waals surface area contributed by atoms with Crippen molar-refractivity contribution in [1.82, 2.24) is 24.9 Å². The highest BCUT2D eigenvalue weighted by Gasteiger charge is 2.45. The Labute approximate surface area is 125 Å². The minimum Gasteiger partial charge on any atom is -0.351 e. The molecule has 0 saturated carbocycles. The normalized spacial score (nSPS) is 19.0. The highest BCUT2D eigenvalue weighted by molar-refractivity contribution is 7.09.